The molecule has 2 heteroatoms. The summed E-state index contributed by atoms with van der Waals surface area (Å²) in [5.41, 5.74) is 0. The maximum atomic E-state index is 11.9. The lowest BCUT2D eigenvalue weighted by Gasteiger charge is -2.44. The summed E-state index contributed by atoms with van der Waals surface area (Å²) in [5, 5.41) is 0. The van der Waals surface area contributed by atoms with Gasteiger partial charge in [-0.2, -0.15) is 0 Å². The largest absolute Gasteiger partial charge is 0.339 e. The fraction of sp³-hybridized carbons (Fsp3) is 0.769. The van der Waals surface area contributed by atoms with Crippen LogP contribution >= 0.6 is 0 Å². The third kappa shape index (κ3) is 2.24. The molecule has 1 amide bonds. The molecule has 2 atom stereocenters. The Labute approximate surface area is 92.3 Å². The molecule has 2 aliphatic rings. The highest BCUT2D eigenvalue weighted by molar-refractivity contribution is 5.78. The Morgan fingerprint density at radius 3 is 2.80 bits per heavy atom. The summed E-state index contributed by atoms with van der Waals surface area (Å²) in [6, 6.07) is 0.556. The summed E-state index contributed by atoms with van der Waals surface area (Å²) in [6.45, 7) is 4.63. The van der Waals surface area contributed by atoms with E-state index in [-0.39, 0.29) is 0 Å². The number of rotatable bonds is 2. The van der Waals surface area contributed by atoms with Gasteiger partial charge in [0.15, 0.2) is 0 Å². The molecule has 0 aromatic rings. The van der Waals surface area contributed by atoms with Crippen molar-refractivity contribution in [3.05, 3.63) is 12.7 Å². The second kappa shape index (κ2) is 4.82. The first-order valence-corrected chi connectivity index (χ1v) is 6.23. The van der Waals surface area contributed by atoms with Gasteiger partial charge in [-0.25, -0.2) is 0 Å². The fourth-order valence-electron chi connectivity index (χ4n) is 3.18. The molecule has 1 saturated heterocycles. The number of carbonyl (C=O) groups is 1. The van der Waals surface area contributed by atoms with Crippen molar-refractivity contribution in [2.45, 2.75) is 51.0 Å². The first kappa shape index (κ1) is 10.7. The summed E-state index contributed by atoms with van der Waals surface area (Å²) >= 11 is 0. The van der Waals surface area contributed by atoms with Crippen LogP contribution in [0.2, 0.25) is 0 Å². The van der Waals surface area contributed by atoms with Gasteiger partial charge in [0.1, 0.15) is 0 Å². The number of nitrogens with zero attached hydrogens (tertiary/aromatic N) is 1. The molecule has 2 fully saturated rings. The van der Waals surface area contributed by atoms with Crippen LogP contribution in [-0.2, 0) is 4.79 Å². The van der Waals surface area contributed by atoms with Gasteiger partial charge in [0.25, 0.3) is 0 Å². The molecular formula is C13H21NO. The maximum Gasteiger partial charge on any atom is 0.226 e. The van der Waals surface area contributed by atoms with Gasteiger partial charge in [-0.15, -0.1) is 6.58 Å². The van der Waals surface area contributed by atoms with E-state index < -0.39 is 0 Å². The van der Waals surface area contributed by atoms with Crippen molar-refractivity contribution < 1.29 is 4.79 Å². The summed E-state index contributed by atoms with van der Waals surface area (Å²) in [4.78, 5) is 14.0. The topological polar surface area (TPSA) is 20.3 Å². The van der Waals surface area contributed by atoms with Gasteiger partial charge in [0, 0.05) is 19.0 Å². The molecule has 2 rings (SSSR count). The van der Waals surface area contributed by atoms with Crippen molar-refractivity contribution in [1.29, 1.82) is 0 Å². The van der Waals surface area contributed by atoms with Gasteiger partial charge in [0.2, 0.25) is 5.91 Å². The molecule has 1 aliphatic heterocycles. The van der Waals surface area contributed by atoms with Crippen LogP contribution in [-0.4, -0.2) is 23.4 Å². The first-order valence-electron chi connectivity index (χ1n) is 6.23. The number of piperidine rings is 1. The van der Waals surface area contributed by atoms with Gasteiger partial charge in [-0.05, 0) is 31.6 Å². The van der Waals surface area contributed by atoms with Gasteiger partial charge >= 0.3 is 0 Å². The molecule has 1 aliphatic carbocycles. The van der Waals surface area contributed by atoms with E-state index in [0.29, 0.717) is 18.4 Å². The van der Waals surface area contributed by atoms with E-state index in [1.807, 2.05) is 0 Å². The fourth-order valence-corrected chi connectivity index (χ4v) is 3.18. The summed E-state index contributed by atoms with van der Waals surface area (Å²) in [6.07, 6.45) is 10.0. The Morgan fingerprint density at radius 2 is 2.00 bits per heavy atom. The molecule has 84 valence electrons. The smallest absolute Gasteiger partial charge is 0.226 e. The molecule has 0 aromatic carbocycles. The van der Waals surface area contributed by atoms with Crippen LogP contribution in [0.15, 0.2) is 12.7 Å². The van der Waals surface area contributed by atoms with Crippen LogP contribution in [0, 0.1) is 5.92 Å². The zero-order valence-corrected chi connectivity index (χ0v) is 9.45. The number of amides is 1. The third-order valence-corrected chi connectivity index (χ3v) is 3.88. The summed E-state index contributed by atoms with van der Waals surface area (Å²) in [5.74, 6) is 1.09. The second-order valence-corrected chi connectivity index (χ2v) is 4.83. The molecule has 1 heterocycles. The van der Waals surface area contributed by atoms with Crippen molar-refractivity contribution in [1.82, 2.24) is 4.90 Å². The molecule has 1 saturated carbocycles. The standard InChI is InChI=1S/C13H21NO/c1-2-6-13(15)14-10-5-8-11-7-3-4-9-12(11)14/h2,11-12H,1,3-10H2/t11-,12+/m1/s1. The normalized spacial score (nSPS) is 30.8. The Morgan fingerprint density at radius 1 is 1.27 bits per heavy atom. The molecule has 2 nitrogen and oxygen atoms in total. The van der Waals surface area contributed by atoms with E-state index in [4.69, 9.17) is 0 Å². The first-order chi connectivity index (χ1) is 7.33. The lowest BCUT2D eigenvalue weighted by atomic mass is 9.78. The van der Waals surface area contributed by atoms with E-state index in [0.717, 1.165) is 12.5 Å². The van der Waals surface area contributed by atoms with Crippen LogP contribution in [0.3, 0.4) is 0 Å². The van der Waals surface area contributed by atoms with E-state index in [1.165, 1.54) is 38.5 Å². The zero-order valence-electron chi connectivity index (χ0n) is 9.45. The molecule has 0 N–H and O–H groups in total. The highest BCUT2D eigenvalue weighted by Gasteiger charge is 2.34. The van der Waals surface area contributed by atoms with Crippen molar-refractivity contribution in [3.63, 3.8) is 0 Å². The Balaban J connectivity index is 2.02. The van der Waals surface area contributed by atoms with E-state index >= 15 is 0 Å². The molecule has 0 aromatic heterocycles. The summed E-state index contributed by atoms with van der Waals surface area (Å²) in [7, 11) is 0. The van der Waals surface area contributed by atoms with Crippen LogP contribution in [0.25, 0.3) is 0 Å². The number of likely N-dealkylation sites (tertiary alicyclic amines) is 1. The molecule has 0 spiro atoms. The van der Waals surface area contributed by atoms with Gasteiger partial charge in [-0.3, -0.25) is 4.79 Å². The number of carbonyl (C=O) groups excluding carboxylic acids is 1. The zero-order chi connectivity index (χ0) is 10.7. The average molecular weight is 207 g/mol. The van der Waals surface area contributed by atoms with Crippen LogP contribution < -0.4 is 0 Å². The maximum absolute atomic E-state index is 11.9. The van der Waals surface area contributed by atoms with Crippen LogP contribution in [0.4, 0.5) is 0 Å². The predicted octanol–water partition coefficient (Wildman–Crippen LogP) is 2.74. The van der Waals surface area contributed by atoms with Gasteiger partial charge in [-0.1, -0.05) is 18.9 Å². The lowest BCUT2D eigenvalue weighted by Crippen LogP contribution is -2.49. The highest BCUT2D eigenvalue weighted by Crippen LogP contribution is 2.35. The van der Waals surface area contributed by atoms with Crippen molar-refractivity contribution >= 4 is 5.91 Å². The minimum atomic E-state index is 0.293. The second-order valence-electron chi connectivity index (χ2n) is 4.83. The van der Waals surface area contributed by atoms with Gasteiger partial charge in [0.05, 0.1) is 0 Å². The Kier molecular flexibility index (Phi) is 3.45. The number of hydrogen-bond donors (Lipinski definition) is 0. The minimum absolute atomic E-state index is 0.293. The van der Waals surface area contributed by atoms with Crippen molar-refractivity contribution in [3.8, 4) is 0 Å². The SMILES string of the molecule is C=CCC(=O)N1CCC[C@H]2CCCC[C@@H]21. The quantitative estimate of drug-likeness (QED) is 0.638. The molecule has 0 radical (unpaired) electrons. The van der Waals surface area contributed by atoms with E-state index in [2.05, 4.69) is 11.5 Å². The molecule has 0 unspecified atom stereocenters. The monoisotopic (exact) mass is 207 g/mol. The van der Waals surface area contributed by atoms with Gasteiger partial charge < -0.3 is 4.90 Å². The number of fused-ring (bicyclic) bond motifs is 1. The lowest BCUT2D eigenvalue weighted by molar-refractivity contribution is -0.136. The van der Waals surface area contributed by atoms with Crippen molar-refractivity contribution in [2.24, 2.45) is 5.92 Å². The molecule has 15 heavy (non-hydrogen) atoms. The molecule has 0 bridgehead atoms. The van der Waals surface area contributed by atoms with Crippen molar-refractivity contribution in [2.75, 3.05) is 6.54 Å². The summed E-state index contributed by atoms with van der Waals surface area (Å²) < 4.78 is 0. The van der Waals surface area contributed by atoms with Crippen LogP contribution in [0.1, 0.15) is 44.9 Å². The minimum Gasteiger partial charge on any atom is -0.339 e. The van der Waals surface area contributed by atoms with E-state index in [9.17, 15) is 4.79 Å². The van der Waals surface area contributed by atoms with Crippen LogP contribution in [0.5, 0.6) is 0 Å². The van der Waals surface area contributed by atoms with E-state index in [1.54, 1.807) is 6.08 Å². The Bertz CT molecular complexity index is 247. The molecular weight excluding hydrogens is 186 g/mol. The number of hydrogen-bond acceptors (Lipinski definition) is 1. The Hall–Kier alpha value is -0.790. The highest BCUT2D eigenvalue weighted by atomic mass is 16.2. The third-order valence-electron chi connectivity index (χ3n) is 3.88. The average Bonchev–Trinajstić information content (AvgIpc) is 2.28. The predicted molar refractivity (Wildman–Crippen MR) is 61.5 cm³/mol.